The normalized spacial score (nSPS) is 16.1. The number of benzene rings is 2. The summed E-state index contributed by atoms with van der Waals surface area (Å²) in [5.41, 5.74) is 2.03. The van der Waals surface area contributed by atoms with Crippen molar-refractivity contribution in [3.8, 4) is 6.01 Å². The standard InChI is InChI=1S/C22H21FN4O2/c23-18-13-24-21(25-14-18)29-19-11-12-27(15-19)22(28)26-20(16-7-3-1-4-8-16)17-9-5-2-6-10-17/h1-10,13-14,19-20H,11-12,15H2,(H,26,28)/t19-/m1/s1. The van der Waals surface area contributed by atoms with Crippen molar-refractivity contribution in [1.82, 2.24) is 20.2 Å². The first-order valence-corrected chi connectivity index (χ1v) is 9.48. The zero-order chi connectivity index (χ0) is 20.1. The summed E-state index contributed by atoms with van der Waals surface area (Å²) in [6.45, 7) is 0.983. The summed E-state index contributed by atoms with van der Waals surface area (Å²) < 4.78 is 18.6. The average Bonchev–Trinajstić information content (AvgIpc) is 3.23. The first kappa shape index (κ1) is 18.9. The van der Waals surface area contributed by atoms with Gasteiger partial charge in [0.25, 0.3) is 0 Å². The lowest BCUT2D eigenvalue weighted by atomic mass is 9.99. The number of nitrogens with one attached hydrogen (secondary N) is 1. The lowest BCUT2D eigenvalue weighted by molar-refractivity contribution is 0.177. The zero-order valence-corrected chi connectivity index (χ0v) is 15.7. The van der Waals surface area contributed by atoms with Crippen LogP contribution in [0.3, 0.4) is 0 Å². The van der Waals surface area contributed by atoms with Crippen molar-refractivity contribution < 1.29 is 13.9 Å². The van der Waals surface area contributed by atoms with Gasteiger partial charge in [-0.15, -0.1) is 0 Å². The fourth-order valence-electron chi connectivity index (χ4n) is 3.38. The number of likely N-dealkylation sites (tertiary alicyclic amines) is 1. The van der Waals surface area contributed by atoms with Gasteiger partial charge in [0.05, 0.1) is 25.0 Å². The van der Waals surface area contributed by atoms with Crippen molar-refractivity contribution in [2.75, 3.05) is 13.1 Å². The Labute approximate surface area is 168 Å². The van der Waals surface area contributed by atoms with Crippen LogP contribution in [0.4, 0.5) is 9.18 Å². The number of aromatic nitrogens is 2. The second-order valence-electron chi connectivity index (χ2n) is 6.86. The van der Waals surface area contributed by atoms with Crippen molar-refractivity contribution >= 4 is 6.03 Å². The number of rotatable bonds is 5. The van der Waals surface area contributed by atoms with Gasteiger partial charge in [0.2, 0.25) is 0 Å². The summed E-state index contributed by atoms with van der Waals surface area (Å²) in [5, 5.41) is 3.13. The third-order valence-electron chi connectivity index (χ3n) is 4.83. The van der Waals surface area contributed by atoms with Gasteiger partial charge in [0, 0.05) is 13.0 Å². The summed E-state index contributed by atoms with van der Waals surface area (Å²) in [6.07, 6.45) is 2.56. The zero-order valence-electron chi connectivity index (χ0n) is 15.7. The minimum absolute atomic E-state index is 0.116. The molecular formula is C22H21FN4O2. The molecule has 1 aromatic heterocycles. The van der Waals surface area contributed by atoms with Crippen molar-refractivity contribution in [2.24, 2.45) is 0 Å². The molecule has 0 aliphatic carbocycles. The third-order valence-corrected chi connectivity index (χ3v) is 4.83. The molecule has 0 spiro atoms. The molecule has 7 heteroatoms. The van der Waals surface area contributed by atoms with Crippen LogP contribution in [0.1, 0.15) is 23.6 Å². The molecule has 0 bridgehead atoms. The minimum atomic E-state index is -0.516. The highest BCUT2D eigenvalue weighted by molar-refractivity contribution is 5.75. The Hall–Kier alpha value is -3.48. The molecule has 0 unspecified atom stereocenters. The second kappa shape index (κ2) is 8.68. The molecule has 1 N–H and O–H groups in total. The first-order valence-electron chi connectivity index (χ1n) is 9.48. The molecule has 2 heterocycles. The molecule has 3 aromatic rings. The van der Waals surface area contributed by atoms with Crippen LogP contribution in [0.15, 0.2) is 73.1 Å². The van der Waals surface area contributed by atoms with E-state index in [1.807, 2.05) is 60.7 Å². The highest BCUT2D eigenvalue weighted by Crippen LogP contribution is 2.23. The predicted octanol–water partition coefficient (Wildman–Crippen LogP) is 3.57. The van der Waals surface area contributed by atoms with Gasteiger partial charge in [-0.3, -0.25) is 0 Å². The highest BCUT2D eigenvalue weighted by atomic mass is 19.1. The predicted molar refractivity (Wildman–Crippen MR) is 106 cm³/mol. The van der Waals surface area contributed by atoms with Crippen molar-refractivity contribution in [3.05, 3.63) is 90.0 Å². The van der Waals surface area contributed by atoms with Crippen LogP contribution in [0.5, 0.6) is 6.01 Å². The Morgan fingerprint density at radius 2 is 1.62 bits per heavy atom. The number of amides is 2. The van der Waals surface area contributed by atoms with Crippen molar-refractivity contribution in [1.29, 1.82) is 0 Å². The summed E-state index contributed by atoms with van der Waals surface area (Å²) in [7, 11) is 0. The molecule has 1 atom stereocenters. The maximum atomic E-state index is 12.9. The van der Waals surface area contributed by atoms with Crippen LogP contribution < -0.4 is 10.1 Å². The van der Waals surface area contributed by atoms with Gasteiger partial charge in [-0.05, 0) is 11.1 Å². The van der Waals surface area contributed by atoms with Crippen LogP contribution in [-0.4, -0.2) is 40.1 Å². The van der Waals surface area contributed by atoms with E-state index in [1.165, 1.54) is 0 Å². The van der Waals surface area contributed by atoms with Gasteiger partial charge in [-0.2, -0.15) is 0 Å². The van der Waals surface area contributed by atoms with E-state index in [4.69, 9.17) is 4.74 Å². The van der Waals surface area contributed by atoms with E-state index in [2.05, 4.69) is 15.3 Å². The molecule has 0 saturated carbocycles. The largest absolute Gasteiger partial charge is 0.458 e. The number of carbonyl (C=O) groups is 1. The molecule has 6 nitrogen and oxygen atoms in total. The molecule has 1 fully saturated rings. The van der Waals surface area contributed by atoms with Crippen molar-refractivity contribution in [2.45, 2.75) is 18.6 Å². The van der Waals surface area contributed by atoms with Crippen LogP contribution in [-0.2, 0) is 0 Å². The van der Waals surface area contributed by atoms with E-state index >= 15 is 0 Å². The van der Waals surface area contributed by atoms with E-state index in [-0.39, 0.29) is 24.2 Å². The lowest BCUT2D eigenvalue weighted by Gasteiger charge is -2.24. The van der Waals surface area contributed by atoms with Crippen LogP contribution >= 0.6 is 0 Å². The van der Waals surface area contributed by atoms with Gasteiger partial charge in [0.15, 0.2) is 5.82 Å². The summed E-state index contributed by atoms with van der Waals surface area (Å²) >= 11 is 0. The van der Waals surface area contributed by atoms with Gasteiger partial charge >= 0.3 is 12.0 Å². The van der Waals surface area contributed by atoms with E-state index in [9.17, 15) is 9.18 Å². The molecule has 4 rings (SSSR count). The monoisotopic (exact) mass is 392 g/mol. The summed E-state index contributed by atoms with van der Waals surface area (Å²) in [5.74, 6) is -0.516. The Morgan fingerprint density at radius 3 is 2.21 bits per heavy atom. The number of hydrogen-bond donors (Lipinski definition) is 1. The van der Waals surface area contributed by atoms with Crippen LogP contribution in [0.25, 0.3) is 0 Å². The average molecular weight is 392 g/mol. The lowest BCUT2D eigenvalue weighted by Crippen LogP contribution is -2.41. The highest BCUT2D eigenvalue weighted by Gasteiger charge is 2.30. The maximum Gasteiger partial charge on any atom is 0.318 e. The number of urea groups is 1. The molecule has 1 aliphatic rings. The molecule has 1 saturated heterocycles. The Bertz CT molecular complexity index is 899. The number of carbonyl (C=O) groups excluding carboxylic acids is 1. The number of nitrogens with zero attached hydrogens (tertiary/aromatic N) is 3. The molecule has 2 aromatic carbocycles. The van der Waals surface area contributed by atoms with Crippen molar-refractivity contribution in [3.63, 3.8) is 0 Å². The summed E-state index contributed by atoms with van der Waals surface area (Å²) in [6, 6.07) is 19.4. The van der Waals surface area contributed by atoms with Crippen LogP contribution in [0.2, 0.25) is 0 Å². The SMILES string of the molecule is O=C(NC(c1ccccc1)c1ccccc1)N1CC[C@@H](Oc2ncc(F)cn2)C1. The fraction of sp³-hybridized carbons (Fsp3) is 0.227. The molecular weight excluding hydrogens is 371 g/mol. The van der Waals surface area contributed by atoms with Gasteiger partial charge < -0.3 is 15.0 Å². The Kier molecular flexibility index (Phi) is 5.65. The smallest absolute Gasteiger partial charge is 0.318 e. The van der Waals surface area contributed by atoms with E-state index < -0.39 is 5.82 Å². The Balaban J connectivity index is 1.42. The van der Waals surface area contributed by atoms with Gasteiger partial charge in [-0.25, -0.2) is 19.2 Å². The van der Waals surface area contributed by atoms with E-state index in [1.54, 1.807) is 4.90 Å². The summed E-state index contributed by atoms with van der Waals surface area (Å²) in [4.78, 5) is 22.3. The minimum Gasteiger partial charge on any atom is -0.458 e. The van der Waals surface area contributed by atoms with Gasteiger partial charge in [-0.1, -0.05) is 60.7 Å². The first-order chi connectivity index (χ1) is 14.2. The van der Waals surface area contributed by atoms with E-state index in [0.29, 0.717) is 19.5 Å². The molecule has 1 aliphatic heterocycles. The Morgan fingerprint density at radius 1 is 1.03 bits per heavy atom. The second-order valence-corrected chi connectivity index (χ2v) is 6.86. The molecule has 2 amide bonds. The van der Waals surface area contributed by atoms with Crippen LogP contribution in [0, 0.1) is 5.82 Å². The number of halogens is 1. The fourth-order valence-corrected chi connectivity index (χ4v) is 3.38. The topological polar surface area (TPSA) is 67.4 Å². The van der Waals surface area contributed by atoms with E-state index in [0.717, 1.165) is 23.5 Å². The van der Waals surface area contributed by atoms with Gasteiger partial charge in [0.1, 0.15) is 6.10 Å². The molecule has 148 valence electrons. The quantitative estimate of drug-likeness (QED) is 0.721. The number of hydrogen-bond acceptors (Lipinski definition) is 4. The molecule has 0 radical (unpaired) electrons. The molecule has 29 heavy (non-hydrogen) atoms. The number of ether oxygens (including phenoxy) is 1. The maximum absolute atomic E-state index is 12.9. The third kappa shape index (κ3) is 4.68.